The van der Waals surface area contributed by atoms with Gasteiger partial charge in [-0.25, -0.2) is 13.8 Å². The van der Waals surface area contributed by atoms with Crippen LogP contribution in [0.15, 0.2) is 12.3 Å². The summed E-state index contributed by atoms with van der Waals surface area (Å²) in [4.78, 5) is 4.01. The van der Waals surface area contributed by atoms with Gasteiger partial charge in [0.1, 0.15) is 11.8 Å². The number of aromatic nitrogens is 1. The summed E-state index contributed by atoms with van der Waals surface area (Å²) in [6.07, 6.45) is 2.35. The van der Waals surface area contributed by atoms with Crippen LogP contribution in [0.1, 0.15) is 30.5 Å². The average Bonchev–Trinajstić information content (AvgIpc) is 2.43. The van der Waals surface area contributed by atoms with E-state index in [1.54, 1.807) is 6.07 Å². The minimum atomic E-state index is -2.84. The van der Waals surface area contributed by atoms with E-state index in [4.69, 9.17) is 11.0 Å². The number of nitriles is 1. The van der Waals surface area contributed by atoms with E-state index in [1.807, 2.05) is 6.07 Å². The third-order valence-corrected chi connectivity index (χ3v) is 4.12. The van der Waals surface area contributed by atoms with E-state index in [0.717, 1.165) is 0 Å². The number of rotatable bonds is 3. The lowest BCUT2D eigenvalue weighted by molar-refractivity contribution is -0.0554. The lowest BCUT2D eigenvalue weighted by Gasteiger charge is -2.36. The minimum Gasteiger partial charge on any atom is -0.379 e. The molecule has 1 saturated carbocycles. The number of hydrogen-bond donors (Lipinski definition) is 2. The number of halogens is 3. The first-order chi connectivity index (χ1) is 9.47. The Kier molecular flexibility index (Phi) is 4.55. The molecule has 0 radical (unpaired) electrons. The number of nitrogens with one attached hydrogen (secondary N) is 1. The Morgan fingerprint density at radius 2 is 2.35 bits per heavy atom. The number of nitrogens with zero attached hydrogens (tertiary/aromatic N) is 2. The Labute approximate surface area is 124 Å². The lowest BCUT2D eigenvalue weighted by Crippen LogP contribution is -2.55. The zero-order valence-corrected chi connectivity index (χ0v) is 12.3. The van der Waals surface area contributed by atoms with Crippen LogP contribution in [-0.2, 0) is 5.33 Å². The van der Waals surface area contributed by atoms with Crippen LogP contribution in [-0.4, -0.2) is 23.0 Å². The number of nitrogens with two attached hydrogens (primary N) is 1. The maximum absolute atomic E-state index is 13.6. The van der Waals surface area contributed by atoms with Crippen LogP contribution < -0.4 is 11.1 Å². The number of hydrogen-bond acceptors (Lipinski definition) is 4. The molecule has 1 aliphatic carbocycles. The van der Waals surface area contributed by atoms with Crippen molar-refractivity contribution in [2.45, 2.75) is 42.6 Å². The van der Waals surface area contributed by atoms with E-state index in [-0.39, 0.29) is 6.42 Å². The van der Waals surface area contributed by atoms with Gasteiger partial charge in [0.2, 0.25) is 0 Å². The second kappa shape index (κ2) is 6.02. The minimum absolute atomic E-state index is 0.162. The molecule has 4 nitrogen and oxygen atoms in total. The molecule has 1 fully saturated rings. The number of alkyl halides is 3. The normalized spacial score (nSPS) is 24.9. The van der Waals surface area contributed by atoms with Gasteiger partial charge in [-0.15, -0.1) is 0 Å². The molecule has 1 heterocycles. The highest BCUT2D eigenvalue weighted by Crippen LogP contribution is 2.33. The monoisotopic (exact) mass is 344 g/mol. The summed E-state index contributed by atoms with van der Waals surface area (Å²) in [7, 11) is 0. The van der Waals surface area contributed by atoms with E-state index in [1.165, 1.54) is 6.20 Å². The van der Waals surface area contributed by atoms with E-state index in [9.17, 15) is 8.78 Å². The van der Waals surface area contributed by atoms with E-state index in [2.05, 4.69) is 26.2 Å². The van der Waals surface area contributed by atoms with Crippen molar-refractivity contribution in [2.75, 3.05) is 5.32 Å². The van der Waals surface area contributed by atoms with Crippen molar-refractivity contribution >= 4 is 21.6 Å². The molecule has 20 heavy (non-hydrogen) atoms. The predicted molar refractivity (Wildman–Crippen MR) is 75.8 cm³/mol. The fraction of sp³-hybridized carbons (Fsp3) is 0.538. The summed E-state index contributed by atoms with van der Waals surface area (Å²) >= 11 is 3.27. The highest BCUT2D eigenvalue weighted by atomic mass is 79.9. The molecular weight excluding hydrogens is 330 g/mol. The van der Waals surface area contributed by atoms with Crippen molar-refractivity contribution in [1.29, 1.82) is 5.26 Å². The second-order valence-electron chi connectivity index (χ2n) is 4.91. The molecule has 2 atom stereocenters. The largest absolute Gasteiger partial charge is 0.379 e. The summed E-state index contributed by atoms with van der Waals surface area (Å²) in [6, 6.07) is 2.02. The second-order valence-corrected chi connectivity index (χ2v) is 5.47. The summed E-state index contributed by atoms with van der Waals surface area (Å²) < 4.78 is 27.2. The van der Waals surface area contributed by atoms with Gasteiger partial charge in [0, 0.05) is 23.4 Å². The molecule has 2 rings (SSSR count). The van der Waals surface area contributed by atoms with Crippen molar-refractivity contribution in [3.05, 3.63) is 23.5 Å². The zero-order chi connectivity index (χ0) is 14.8. The Morgan fingerprint density at radius 1 is 1.60 bits per heavy atom. The van der Waals surface area contributed by atoms with Gasteiger partial charge in [0.05, 0.1) is 17.9 Å². The standard InChI is InChI=1S/C13H15BrF2N4/c14-5-8-4-9(7-19-11(8)6-17)20-10-2-1-3-13(15,16)12(10)18/h4,7,10,12,20H,1-3,5,18H2/t10-,12-/m1/s1. The summed E-state index contributed by atoms with van der Waals surface area (Å²) in [6.45, 7) is 0. The Bertz CT molecular complexity index is 530. The van der Waals surface area contributed by atoms with Crippen LogP contribution in [0.5, 0.6) is 0 Å². The Balaban J connectivity index is 2.16. The SMILES string of the molecule is N#Cc1ncc(N[C@@H]2CCCC(F)(F)[C@@H]2N)cc1CBr. The van der Waals surface area contributed by atoms with E-state index < -0.39 is 18.0 Å². The number of anilines is 1. The lowest BCUT2D eigenvalue weighted by atomic mass is 9.87. The molecule has 0 aromatic carbocycles. The molecule has 1 aromatic rings. The molecular formula is C13H15BrF2N4. The molecule has 0 amide bonds. The van der Waals surface area contributed by atoms with Crippen molar-refractivity contribution in [3.8, 4) is 6.07 Å². The highest BCUT2D eigenvalue weighted by Gasteiger charge is 2.44. The van der Waals surface area contributed by atoms with E-state index >= 15 is 0 Å². The van der Waals surface area contributed by atoms with Gasteiger partial charge in [-0.3, -0.25) is 0 Å². The molecule has 0 unspecified atom stereocenters. The highest BCUT2D eigenvalue weighted by molar-refractivity contribution is 9.08. The average molecular weight is 345 g/mol. The van der Waals surface area contributed by atoms with Gasteiger partial charge in [0.25, 0.3) is 5.92 Å². The van der Waals surface area contributed by atoms with Gasteiger partial charge in [-0.1, -0.05) is 15.9 Å². The van der Waals surface area contributed by atoms with Gasteiger partial charge in [0.15, 0.2) is 0 Å². The molecule has 1 aromatic heterocycles. The van der Waals surface area contributed by atoms with Crippen LogP contribution in [0.2, 0.25) is 0 Å². The third kappa shape index (κ3) is 3.07. The molecule has 0 spiro atoms. The molecule has 3 N–H and O–H groups in total. The third-order valence-electron chi connectivity index (χ3n) is 3.51. The number of pyridine rings is 1. The first kappa shape index (κ1) is 15.1. The Morgan fingerprint density at radius 3 is 3.00 bits per heavy atom. The van der Waals surface area contributed by atoms with E-state index in [0.29, 0.717) is 35.1 Å². The van der Waals surface area contributed by atoms with Gasteiger partial charge in [-0.2, -0.15) is 5.26 Å². The smallest absolute Gasteiger partial charge is 0.264 e. The van der Waals surface area contributed by atoms with Crippen LogP contribution in [0.3, 0.4) is 0 Å². The van der Waals surface area contributed by atoms with Gasteiger partial charge < -0.3 is 11.1 Å². The van der Waals surface area contributed by atoms with Crippen LogP contribution in [0.4, 0.5) is 14.5 Å². The first-order valence-corrected chi connectivity index (χ1v) is 7.45. The van der Waals surface area contributed by atoms with Gasteiger partial charge >= 0.3 is 0 Å². The molecule has 0 aliphatic heterocycles. The maximum atomic E-state index is 13.6. The fourth-order valence-corrected chi connectivity index (χ4v) is 2.79. The quantitative estimate of drug-likeness (QED) is 0.826. The molecule has 1 aliphatic rings. The topological polar surface area (TPSA) is 74.7 Å². The zero-order valence-electron chi connectivity index (χ0n) is 10.7. The summed E-state index contributed by atoms with van der Waals surface area (Å²) in [5.74, 6) is -2.84. The first-order valence-electron chi connectivity index (χ1n) is 6.33. The predicted octanol–water partition coefficient (Wildman–Crippen LogP) is 2.78. The summed E-state index contributed by atoms with van der Waals surface area (Å²) in [5, 5.41) is 12.4. The maximum Gasteiger partial charge on any atom is 0.264 e. The molecule has 108 valence electrons. The van der Waals surface area contributed by atoms with Crippen molar-refractivity contribution in [3.63, 3.8) is 0 Å². The fourth-order valence-electron chi connectivity index (χ4n) is 2.37. The molecule has 0 bridgehead atoms. The molecule has 7 heteroatoms. The molecule has 0 saturated heterocycles. The van der Waals surface area contributed by atoms with Crippen LogP contribution in [0, 0.1) is 11.3 Å². The van der Waals surface area contributed by atoms with Crippen molar-refractivity contribution in [2.24, 2.45) is 5.73 Å². The van der Waals surface area contributed by atoms with Gasteiger partial charge in [-0.05, 0) is 18.9 Å². The van der Waals surface area contributed by atoms with Crippen molar-refractivity contribution in [1.82, 2.24) is 4.98 Å². The Hall–Kier alpha value is -1.26. The summed E-state index contributed by atoms with van der Waals surface area (Å²) in [5.41, 5.74) is 7.29. The van der Waals surface area contributed by atoms with Crippen LogP contribution in [0.25, 0.3) is 0 Å². The van der Waals surface area contributed by atoms with Crippen LogP contribution >= 0.6 is 15.9 Å². The van der Waals surface area contributed by atoms with Crippen molar-refractivity contribution < 1.29 is 8.78 Å².